The molecule has 0 saturated heterocycles. The van der Waals surface area contributed by atoms with Crippen LogP contribution in [0.15, 0.2) is 61.1 Å². The Morgan fingerprint density at radius 3 is 2.12 bits per heavy atom. The minimum Gasteiger partial charge on any atom is -0.335 e. The Hall–Kier alpha value is -3.50. The number of hydrogen-bond donors (Lipinski definition) is 2. The largest absolute Gasteiger partial charge is 0.416 e. The number of hydrogen-bond acceptors (Lipinski definition) is 2. The Labute approximate surface area is 184 Å². The average molecular weight is 468 g/mol. The molecule has 3 aromatic rings. The van der Waals surface area contributed by atoms with Gasteiger partial charge in [-0.15, -0.1) is 0 Å². The summed E-state index contributed by atoms with van der Waals surface area (Å²) in [5, 5.41) is 4.67. The van der Waals surface area contributed by atoms with Crippen LogP contribution >= 0.6 is 0 Å². The molecule has 0 aliphatic heterocycles. The molecule has 0 unspecified atom stereocenters. The van der Waals surface area contributed by atoms with Crippen molar-refractivity contribution in [3.05, 3.63) is 72.2 Å². The highest BCUT2D eigenvalue weighted by atomic mass is 19.4. The fraction of sp³-hybridized carbons (Fsp3) is 0.273. The summed E-state index contributed by atoms with van der Waals surface area (Å²) in [4.78, 5) is 16.4. The van der Waals surface area contributed by atoms with E-state index in [0.717, 1.165) is 11.3 Å². The van der Waals surface area contributed by atoms with Crippen LogP contribution in [-0.4, -0.2) is 21.6 Å². The zero-order valence-electron chi connectivity index (χ0n) is 16.9. The first kappa shape index (κ1) is 22.7. The van der Waals surface area contributed by atoms with Gasteiger partial charge in [-0.2, -0.15) is 26.3 Å². The van der Waals surface area contributed by atoms with Gasteiger partial charge in [0.1, 0.15) is 0 Å². The van der Waals surface area contributed by atoms with Gasteiger partial charge in [0.15, 0.2) is 0 Å². The highest BCUT2D eigenvalue weighted by Crippen LogP contribution is 2.38. The minimum absolute atomic E-state index is 0.00898. The maximum atomic E-state index is 13.0. The maximum Gasteiger partial charge on any atom is 0.416 e. The van der Waals surface area contributed by atoms with Gasteiger partial charge in [-0.05, 0) is 36.6 Å². The number of carbonyl (C=O) groups is 1. The third-order valence-corrected chi connectivity index (χ3v) is 5.42. The Kier molecular flexibility index (Phi) is 5.81. The van der Waals surface area contributed by atoms with Gasteiger partial charge in [-0.25, -0.2) is 9.78 Å². The average Bonchev–Trinajstić information content (AvgIpc) is 3.18. The molecule has 1 aliphatic carbocycles. The Bertz CT molecular complexity index is 1100. The second-order valence-corrected chi connectivity index (χ2v) is 7.77. The molecule has 174 valence electrons. The van der Waals surface area contributed by atoms with Gasteiger partial charge >= 0.3 is 18.4 Å². The van der Waals surface area contributed by atoms with Gasteiger partial charge in [-0.1, -0.05) is 30.3 Å². The van der Waals surface area contributed by atoms with Crippen LogP contribution in [0, 0.1) is 0 Å². The molecule has 11 heteroatoms. The molecule has 0 spiro atoms. The Balaban J connectivity index is 1.39. The number of nitrogens with zero attached hydrogens (tertiary/aromatic N) is 2. The van der Waals surface area contributed by atoms with E-state index in [2.05, 4.69) is 15.6 Å². The molecule has 4 rings (SSSR count). The lowest BCUT2D eigenvalue weighted by molar-refractivity contribution is -0.143. The third-order valence-electron chi connectivity index (χ3n) is 5.42. The molecular formula is C22H18F6N4O. The van der Waals surface area contributed by atoms with Crippen LogP contribution in [0.3, 0.4) is 0 Å². The highest BCUT2D eigenvalue weighted by Gasteiger charge is 2.37. The number of benzene rings is 2. The second-order valence-electron chi connectivity index (χ2n) is 7.77. The lowest BCUT2D eigenvalue weighted by atomic mass is 9.86. The zero-order chi connectivity index (χ0) is 23.8. The molecule has 5 nitrogen and oxygen atoms in total. The number of urea groups is 1. The molecule has 0 atom stereocenters. The molecular weight excluding hydrogens is 450 g/mol. The van der Waals surface area contributed by atoms with Crippen molar-refractivity contribution in [1.29, 1.82) is 0 Å². The number of amides is 2. The van der Waals surface area contributed by atoms with E-state index in [1.54, 1.807) is 12.5 Å². The van der Waals surface area contributed by atoms with Crippen molar-refractivity contribution < 1.29 is 31.1 Å². The fourth-order valence-corrected chi connectivity index (χ4v) is 3.74. The Morgan fingerprint density at radius 1 is 0.939 bits per heavy atom. The van der Waals surface area contributed by atoms with Crippen molar-refractivity contribution in [2.75, 3.05) is 5.32 Å². The molecule has 1 heterocycles. The van der Waals surface area contributed by atoms with E-state index in [9.17, 15) is 31.1 Å². The molecule has 0 radical (unpaired) electrons. The third kappa shape index (κ3) is 5.12. The Morgan fingerprint density at radius 2 is 1.55 bits per heavy atom. The SMILES string of the molecule is O=C(Nc1cc(C(F)(F)F)cc(C(F)(F)F)c1)NC1CC(n2cncc2-c2ccccc2)C1. The van der Waals surface area contributed by atoms with Crippen molar-refractivity contribution in [3.8, 4) is 11.3 Å². The van der Waals surface area contributed by atoms with Crippen molar-refractivity contribution in [2.24, 2.45) is 0 Å². The maximum absolute atomic E-state index is 13.0. The predicted molar refractivity (Wildman–Crippen MR) is 108 cm³/mol. The molecule has 1 fully saturated rings. The van der Waals surface area contributed by atoms with Gasteiger partial charge in [0.2, 0.25) is 0 Å². The number of alkyl halides is 6. The van der Waals surface area contributed by atoms with Crippen LogP contribution < -0.4 is 10.6 Å². The molecule has 1 aliphatic rings. The molecule has 2 N–H and O–H groups in total. The zero-order valence-corrected chi connectivity index (χ0v) is 16.9. The lowest BCUT2D eigenvalue weighted by Crippen LogP contribution is -2.46. The number of carbonyl (C=O) groups excluding carboxylic acids is 1. The number of aromatic nitrogens is 2. The van der Waals surface area contributed by atoms with E-state index in [4.69, 9.17) is 0 Å². The van der Waals surface area contributed by atoms with Crippen LogP contribution in [0.1, 0.15) is 30.0 Å². The minimum atomic E-state index is -4.99. The summed E-state index contributed by atoms with van der Waals surface area (Å²) in [5.74, 6) is 0. The van der Waals surface area contributed by atoms with E-state index in [1.165, 1.54) is 0 Å². The van der Waals surface area contributed by atoms with Gasteiger partial charge < -0.3 is 15.2 Å². The van der Waals surface area contributed by atoms with Gasteiger partial charge in [0.25, 0.3) is 0 Å². The first-order valence-corrected chi connectivity index (χ1v) is 9.95. The molecule has 0 bridgehead atoms. The summed E-state index contributed by atoms with van der Waals surface area (Å²) in [6, 6.07) is 9.43. The smallest absolute Gasteiger partial charge is 0.335 e. The first-order valence-electron chi connectivity index (χ1n) is 9.95. The summed E-state index contributed by atoms with van der Waals surface area (Å²) in [7, 11) is 0. The molecule has 33 heavy (non-hydrogen) atoms. The monoisotopic (exact) mass is 468 g/mol. The number of imidazole rings is 1. The lowest BCUT2D eigenvalue weighted by Gasteiger charge is -2.37. The normalized spacial score (nSPS) is 18.5. The van der Waals surface area contributed by atoms with Crippen molar-refractivity contribution in [2.45, 2.75) is 37.3 Å². The second kappa shape index (κ2) is 8.45. The van der Waals surface area contributed by atoms with Crippen LogP contribution in [0.5, 0.6) is 0 Å². The first-order chi connectivity index (χ1) is 15.5. The summed E-state index contributed by atoms with van der Waals surface area (Å²) in [6.45, 7) is 0. The van der Waals surface area contributed by atoms with Crippen LogP contribution in [-0.2, 0) is 12.4 Å². The van der Waals surface area contributed by atoms with Crippen LogP contribution in [0.4, 0.5) is 36.8 Å². The molecule has 2 amide bonds. The summed E-state index contributed by atoms with van der Waals surface area (Å²) in [6.07, 6.45) is -5.48. The van der Waals surface area contributed by atoms with Gasteiger partial charge in [0.05, 0.1) is 29.3 Å². The van der Waals surface area contributed by atoms with E-state index in [1.807, 2.05) is 34.9 Å². The quantitative estimate of drug-likeness (QED) is 0.454. The van der Waals surface area contributed by atoms with E-state index < -0.39 is 35.2 Å². The summed E-state index contributed by atoms with van der Waals surface area (Å²) >= 11 is 0. The van der Waals surface area contributed by atoms with E-state index in [-0.39, 0.29) is 18.2 Å². The van der Waals surface area contributed by atoms with Crippen molar-refractivity contribution >= 4 is 11.7 Å². The number of rotatable bonds is 4. The topological polar surface area (TPSA) is 59.0 Å². The standard InChI is InChI=1S/C22H18F6N4O/c23-21(24,25)14-6-15(22(26,27)28)8-16(7-14)30-20(33)31-17-9-18(10-17)32-12-29-11-19(32)13-4-2-1-3-5-13/h1-8,11-12,17-18H,9-10H2,(H2,30,31,33). The van der Waals surface area contributed by atoms with Gasteiger partial charge in [-0.3, -0.25) is 0 Å². The fourth-order valence-electron chi connectivity index (χ4n) is 3.74. The highest BCUT2D eigenvalue weighted by molar-refractivity contribution is 5.89. The van der Waals surface area contributed by atoms with Crippen molar-refractivity contribution in [1.82, 2.24) is 14.9 Å². The number of halogens is 6. The number of anilines is 1. The van der Waals surface area contributed by atoms with Crippen LogP contribution in [0.25, 0.3) is 11.3 Å². The summed E-state index contributed by atoms with van der Waals surface area (Å²) < 4.78 is 79.8. The predicted octanol–water partition coefficient (Wildman–Crippen LogP) is 6.11. The van der Waals surface area contributed by atoms with Crippen LogP contribution in [0.2, 0.25) is 0 Å². The molecule has 1 aromatic heterocycles. The van der Waals surface area contributed by atoms with E-state index in [0.29, 0.717) is 25.0 Å². The van der Waals surface area contributed by atoms with Crippen molar-refractivity contribution in [3.63, 3.8) is 0 Å². The number of nitrogens with one attached hydrogen (secondary N) is 2. The van der Waals surface area contributed by atoms with E-state index >= 15 is 0 Å². The van der Waals surface area contributed by atoms with Gasteiger partial charge in [0, 0.05) is 17.8 Å². The molecule has 2 aromatic carbocycles. The molecule has 1 saturated carbocycles. The summed E-state index contributed by atoms with van der Waals surface area (Å²) in [5.41, 5.74) is -1.69.